The van der Waals surface area contributed by atoms with Gasteiger partial charge in [-0.25, -0.2) is 4.79 Å². The van der Waals surface area contributed by atoms with Crippen LogP contribution in [-0.4, -0.2) is 29.9 Å². The van der Waals surface area contributed by atoms with Gasteiger partial charge in [-0.05, 0) is 23.6 Å². The van der Waals surface area contributed by atoms with Gasteiger partial charge in [-0.1, -0.05) is 32.0 Å². The van der Waals surface area contributed by atoms with Gasteiger partial charge in [-0.15, -0.1) is 0 Å². The third-order valence-electron chi connectivity index (χ3n) is 5.74. The topological polar surface area (TPSA) is 134 Å². The van der Waals surface area contributed by atoms with Crippen LogP contribution in [0.4, 0.5) is 10.5 Å². The molecule has 32 heavy (non-hydrogen) atoms. The smallest absolute Gasteiger partial charge is 0.445 e. The number of nitro benzene ring substituents is 1. The maximum absolute atomic E-state index is 13.9. The first-order valence-electron chi connectivity index (χ1n) is 9.81. The molecule has 0 radical (unpaired) electrons. The maximum atomic E-state index is 13.9. The minimum atomic E-state index is -2.23. The lowest BCUT2D eigenvalue weighted by molar-refractivity contribution is -0.385. The molecule has 1 aliphatic heterocycles. The second kappa shape index (κ2) is 7.04. The van der Waals surface area contributed by atoms with Crippen LogP contribution in [0.25, 0.3) is 0 Å². The lowest BCUT2D eigenvalue weighted by Crippen LogP contribution is -2.61. The van der Waals surface area contributed by atoms with E-state index in [1.54, 1.807) is 18.2 Å². The molecule has 2 aromatic rings. The van der Waals surface area contributed by atoms with E-state index in [9.17, 15) is 24.5 Å². The van der Waals surface area contributed by atoms with E-state index in [0.717, 1.165) is 18.7 Å². The van der Waals surface area contributed by atoms with Gasteiger partial charge in [-0.3, -0.25) is 19.7 Å². The Morgan fingerprint density at radius 2 is 1.91 bits per heavy atom. The molecule has 0 fully saturated rings. The van der Waals surface area contributed by atoms with Crippen LogP contribution in [0.5, 0.6) is 5.75 Å². The Balaban J connectivity index is 2.10. The quantitative estimate of drug-likeness (QED) is 0.435. The number of amides is 1. The molecule has 4 rings (SSSR count). The van der Waals surface area contributed by atoms with Gasteiger partial charge in [0.15, 0.2) is 0 Å². The fourth-order valence-electron chi connectivity index (χ4n) is 4.40. The molecule has 2 atom stereocenters. The van der Waals surface area contributed by atoms with Crippen LogP contribution < -0.4 is 10.1 Å². The van der Waals surface area contributed by atoms with E-state index in [4.69, 9.17) is 9.47 Å². The zero-order valence-corrected chi connectivity index (χ0v) is 17.8. The summed E-state index contributed by atoms with van der Waals surface area (Å²) in [4.78, 5) is 49.5. The van der Waals surface area contributed by atoms with Crippen molar-refractivity contribution in [3.8, 4) is 5.75 Å². The molecule has 1 amide bonds. The molecule has 0 spiro atoms. The lowest BCUT2D eigenvalue weighted by atomic mass is 9.82. The number of hydrogen-bond acceptors (Lipinski definition) is 8. The van der Waals surface area contributed by atoms with Crippen molar-refractivity contribution in [1.82, 2.24) is 5.32 Å². The van der Waals surface area contributed by atoms with Crippen LogP contribution in [0.2, 0.25) is 0 Å². The Hall–Kier alpha value is -3.95. The molecule has 0 saturated heterocycles. The molecule has 1 aliphatic carbocycles. The van der Waals surface area contributed by atoms with Gasteiger partial charge in [0.25, 0.3) is 5.69 Å². The van der Waals surface area contributed by atoms with Gasteiger partial charge in [0.05, 0.1) is 17.6 Å². The number of nitro groups is 1. The standard InChI is InChI=1S/C22H20N2O8/c1-11(2)13-8-9-14-17(10-13)31-22(32-20(27)30-4)15-6-5-7-16(24(28)29)18(15)19(26)21(14,22)23-12(3)25/h5-11H,1-4H3,(H,23,25). The molecule has 0 bridgehead atoms. The van der Waals surface area contributed by atoms with Crippen LogP contribution in [0, 0.1) is 10.1 Å². The Labute approximate surface area is 182 Å². The van der Waals surface area contributed by atoms with Crippen molar-refractivity contribution in [2.45, 2.75) is 38.0 Å². The first kappa shape index (κ1) is 21.3. The van der Waals surface area contributed by atoms with Crippen LogP contribution >= 0.6 is 0 Å². The summed E-state index contributed by atoms with van der Waals surface area (Å²) >= 11 is 0. The van der Waals surface area contributed by atoms with E-state index in [2.05, 4.69) is 10.1 Å². The summed E-state index contributed by atoms with van der Waals surface area (Å²) in [6.07, 6.45) is -1.19. The van der Waals surface area contributed by atoms with Crippen molar-refractivity contribution in [3.63, 3.8) is 0 Å². The van der Waals surface area contributed by atoms with Gasteiger partial charge in [0.2, 0.25) is 17.2 Å². The second-order valence-electron chi connectivity index (χ2n) is 7.90. The number of nitrogens with one attached hydrogen (secondary N) is 1. The number of rotatable bonds is 4. The third kappa shape index (κ3) is 2.62. The van der Waals surface area contributed by atoms with Crippen molar-refractivity contribution >= 4 is 23.5 Å². The molecule has 2 aromatic carbocycles. The highest BCUT2D eigenvalue weighted by Gasteiger charge is 2.76. The number of hydrogen-bond donors (Lipinski definition) is 1. The van der Waals surface area contributed by atoms with Crippen LogP contribution in [0.1, 0.15) is 53.7 Å². The van der Waals surface area contributed by atoms with Gasteiger partial charge < -0.3 is 19.5 Å². The summed E-state index contributed by atoms with van der Waals surface area (Å²) < 4.78 is 16.3. The van der Waals surface area contributed by atoms with Crippen molar-refractivity contribution in [3.05, 3.63) is 68.8 Å². The van der Waals surface area contributed by atoms with Crippen molar-refractivity contribution in [2.75, 3.05) is 7.11 Å². The molecule has 1 heterocycles. The van der Waals surface area contributed by atoms with Crippen molar-refractivity contribution in [2.24, 2.45) is 0 Å². The molecule has 10 heteroatoms. The average molecular weight is 440 g/mol. The first-order chi connectivity index (χ1) is 15.1. The predicted molar refractivity (Wildman–Crippen MR) is 109 cm³/mol. The Bertz CT molecular complexity index is 1190. The number of carbonyl (C=O) groups is 3. The molecule has 0 aromatic heterocycles. The number of Topliss-reactive ketones (excluding diaryl/α,β-unsaturated/α-hetero) is 1. The Morgan fingerprint density at radius 1 is 1.19 bits per heavy atom. The molecule has 2 unspecified atom stereocenters. The highest BCUT2D eigenvalue weighted by molar-refractivity contribution is 6.14. The van der Waals surface area contributed by atoms with Gasteiger partial charge in [-0.2, -0.15) is 0 Å². The minimum absolute atomic E-state index is 0.0573. The minimum Gasteiger partial charge on any atom is -0.445 e. The lowest BCUT2D eigenvalue weighted by Gasteiger charge is -2.36. The molecule has 166 valence electrons. The number of carbonyl (C=O) groups excluding carboxylic acids is 3. The first-order valence-corrected chi connectivity index (χ1v) is 9.81. The highest BCUT2D eigenvalue weighted by atomic mass is 16.8. The van der Waals surface area contributed by atoms with Crippen LogP contribution in [-0.2, 0) is 25.6 Å². The number of methoxy groups -OCH3 is 1. The Morgan fingerprint density at radius 3 is 2.50 bits per heavy atom. The number of ketones is 1. The summed E-state index contributed by atoms with van der Waals surface area (Å²) in [5, 5.41) is 14.3. The molecular weight excluding hydrogens is 420 g/mol. The van der Waals surface area contributed by atoms with Crippen LogP contribution in [0.3, 0.4) is 0 Å². The number of benzene rings is 2. The van der Waals surface area contributed by atoms with Crippen LogP contribution in [0.15, 0.2) is 36.4 Å². The summed E-state index contributed by atoms with van der Waals surface area (Å²) in [5.74, 6) is -3.37. The van der Waals surface area contributed by atoms with Gasteiger partial charge >= 0.3 is 11.9 Å². The Kier molecular flexibility index (Phi) is 4.69. The number of nitrogens with zero attached hydrogens (tertiary/aromatic N) is 1. The molecule has 10 nitrogen and oxygen atoms in total. The highest BCUT2D eigenvalue weighted by Crippen LogP contribution is 2.61. The monoisotopic (exact) mass is 440 g/mol. The average Bonchev–Trinajstić information content (AvgIpc) is 3.11. The second-order valence-corrected chi connectivity index (χ2v) is 7.90. The van der Waals surface area contributed by atoms with Gasteiger partial charge in [0, 0.05) is 18.6 Å². The molecule has 0 saturated carbocycles. The van der Waals surface area contributed by atoms with E-state index >= 15 is 0 Å². The number of ether oxygens (including phenoxy) is 3. The summed E-state index contributed by atoms with van der Waals surface area (Å²) in [6.45, 7) is 5.11. The van der Waals surface area contributed by atoms with E-state index < -0.39 is 39.8 Å². The zero-order valence-electron chi connectivity index (χ0n) is 17.8. The third-order valence-corrected chi connectivity index (χ3v) is 5.74. The largest absolute Gasteiger partial charge is 0.511 e. The molecule has 2 aliphatic rings. The van der Waals surface area contributed by atoms with E-state index in [1.165, 1.54) is 19.1 Å². The van der Waals surface area contributed by atoms with E-state index in [-0.39, 0.29) is 28.4 Å². The summed E-state index contributed by atoms with van der Waals surface area (Å²) in [5.41, 5.74) is -1.85. The zero-order chi connectivity index (χ0) is 23.4. The summed E-state index contributed by atoms with van der Waals surface area (Å²) in [6, 6.07) is 8.95. The SMILES string of the molecule is COC(=O)OC12Oc3cc(C(C)C)ccc3C1(NC(C)=O)C(=O)c1c([N+](=O)[O-])cccc12. The van der Waals surface area contributed by atoms with Crippen molar-refractivity contribution < 1.29 is 33.5 Å². The van der Waals surface area contributed by atoms with Crippen molar-refractivity contribution in [1.29, 1.82) is 0 Å². The van der Waals surface area contributed by atoms with Gasteiger partial charge in [0.1, 0.15) is 11.3 Å². The predicted octanol–water partition coefficient (Wildman–Crippen LogP) is 3.27. The van der Waals surface area contributed by atoms with E-state index in [1.807, 2.05) is 13.8 Å². The molecular formula is C22H20N2O8. The fraction of sp³-hybridized carbons (Fsp3) is 0.318. The van der Waals surface area contributed by atoms with E-state index in [0.29, 0.717) is 0 Å². The maximum Gasteiger partial charge on any atom is 0.511 e. The number of fused-ring (bicyclic) bond motifs is 5. The summed E-state index contributed by atoms with van der Waals surface area (Å²) in [7, 11) is 1.07. The molecule has 1 N–H and O–H groups in total. The normalized spacial score (nSPS) is 22.5. The fourth-order valence-corrected chi connectivity index (χ4v) is 4.40.